The molecule has 86 valence electrons. The molecule has 0 aliphatic heterocycles. The van der Waals surface area contributed by atoms with Crippen molar-refractivity contribution < 1.29 is 4.79 Å². The third-order valence-corrected chi connectivity index (χ3v) is 3.61. The predicted molar refractivity (Wildman–Crippen MR) is 67.0 cm³/mol. The molecule has 1 nitrogen and oxygen atoms in total. The van der Waals surface area contributed by atoms with Crippen molar-refractivity contribution in [3.63, 3.8) is 0 Å². The molecule has 1 aromatic rings. The van der Waals surface area contributed by atoms with Crippen LogP contribution in [0, 0.1) is 6.92 Å². The lowest BCUT2D eigenvalue weighted by molar-refractivity contribution is 0.0987. The van der Waals surface area contributed by atoms with Crippen LogP contribution in [0.5, 0.6) is 0 Å². The van der Waals surface area contributed by atoms with Crippen molar-refractivity contribution in [2.75, 3.05) is 0 Å². The third-order valence-electron chi connectivity index (χ3n) is 3.61. The first-order valence-electron chi connectivity index (χ1n) is 6.36. The molecule has 16 heavy (non-hydrogen) atoms. The molecule has 0 radical (unpaired) electrons. The Kier molecular flexibility index (Phi) is 3.42. The number of ketones is 1. The molecule has 0 N–H and O–H groups in total. The number of hydrogen-bond acceptors (Lipinski definition) is 1. The second-order valence-electron chi connectivity index (χ2n) is 4.86. The Morgan fingerprint density at radius 2 is 2.12 bits per heavy atom. The van der Waals surface area contributed by atoms with Crippen LogP contribution in [-0.4, -0.2) is 5.78 Å². The summed E-state index contributed by atoms with van der Waals surface area (Å²) in [6.45, 7) is 4.27. The Hall–Kier alpha value is -1.11. The highest BCUT2D eigenvalue weighted by atomic mass is 16.1. The van der Waals surface area contributed by atoms with Crippen LogP contribution < -0.4 is 0 Å². The van der Waals surface area contributed by atoms with Gasteiger partial charge >= 0.3 is 0 Å². The summed E-state index contributed by atoms with van der Waals surface area (Å²) >= 11 is 0. The maximum Gasteiger partial charge on any atom is 0.164 e. The van der Waals surface area contributed by atoms with Crippen molar-refractivity contribution in [2.24, 2.45) is 0 Å². The van der Waals surface area contributed by atoms with Crippen LogP contribution in [0.2, 0.25) is 0 Å². The van der Waals surface area contributed by atoms with E-state index in [1.807, 2.05) is 13.0 Å². The number of rotatable bonds is 4. The molecule has 0 saturated carbocycles. The number of fused-ring (bicyclic) bond motifs is 1. The zero-order chi connectivity index (χ0) is 11.5. The highest BCUT2D eigenvalue weighted by Gasteiger charge is 2.29. The Labute approximate surface area is 97.9 Å². The van der Waals surface area contributed by atoms with E-state index in [4.69, 9.17) is 0 Å². The van der Waals surface area contributed by atoms with Crippen LogP contribution in [0.25, 0.3) is 0 Å². The summed E-state index contributed by atoms with van der Waals surface area (Å²) in [4.78, 5) is 11.9. The van der Waals surface area contributed by atoms with Crippen LogP contribution in [0.15, 0.2) is 18.2 Å². The minimum Gasteiger partial charge on any atom is -0.294 e. The van der Waals surface area contributed by atoms with E-state index in [-0.39, 0.29) is 0 Å². The van der Waals surface area contributed by atoms with E-state index < -0.39 is 0 Å². The van der Waals surface area contributed by atoms with Crippen molar-refractivity contribution in [1.82, 2.24) is 0 Å². The second-order valence-corrected chi connectivity index (χ2v) is 4.86. The van der Waals surface area contributed by atoms with E-state index >= 15 is 0 Å². The molecule has 0 bridgehead atoms. The van der Waals surface area contributed by atoms with Gasteiger partial charge in [-0.3, -0.25) is 4.79 Å². The molecule has 1 unspecified atom stereocenters. The zero-order valence-corrected chi connectivity index (χ0v) is 10.3. The van der Waals surface area contributed by atoms with Gasteiger partial charge in [-0.15, -0.1) is 0 Å². The van der Waals surface area contributed by atoms with E-state index in [2.05, 4.69) is 19.1 Å². The van der Waals surface area contributed by atoms with E-state index in [1.54, 1.807) is 0 Å². The summed E-state index contributed by atoms with van der Waals surface area (Å²) in [5, 5.41) is 0. The normalized spacial score (nSPS) is 18.9. The lowest BCUT2D eigenvalue weighted by Gasteiger charge is -2.10. The molecule has 0 aromatic heterocycles. The Bertz CT molecular complexity index is 392. The summed E-state index contributed by atoms with van der Waals surface area (Å²) in [6, 6.07) is 6.27. The van der Waals surface area contributed by atoms with Crippen molar-refractivity contribution in [3.05, 3.63) is 34.9 Å². The van der Waals surface area contributed by atoms with E-state index in [9.17, 15) is 4.79 Å². The number of hydrogen-bond donors (Lipinski definition) is 0. The topological polar surface area (TPSA) is 17.1 Å². The lowest BCUT2D eigenvalue weighted by atomic mass is 9.94. The molecule has 1 aliphatic carbocycles. The molecule has 0 amide bonds. The predicted octanol–water partition coefficient (Wildman–Crippen LogP) is 4.25. The number of carbonyl (C=O) groups is 1. The maximum absolute atomic E-state index is 11.9. The fourth-order valence-corrected chi connectivity index (χ4v) is 2.75. The monoisotopic (exact) mass is 216 g/mol. The maximum atomic E-state index is 11.9. The largest absolute Gasteiger partial charge is 0.294 e. The van der Waals surface area contributed by atoms with Gasteiger partial charge in [0.15, 0.2) is 5.78 Å². The Morgan fingerprint density at radius 1 is 1.31 bits per heavy atom. The first-order valence-corrected chi connectivity index (χ1v) is 6.36. The smallest absolute Gasteiger partial charge is 0.164 e. The summed E-state index contributed by atoms with van der Waals surface area (Å²) in [5.74, 6) is 0.851. The average molecular weight is 216 g/mol. The van der Waals surface area contributed by atoms with E-state index in [0.29, 0.717) is 11.7 Å². The van der Waals surface area contributed by atoms with Crippen LogP contribution >= 0.6 is 0 Å². The standard InChI is InChI=1S/C15H20O/c1-3-4-5-8-12-10-14(16)15-11(2)7-6-9-13(12)15/h6-7,9,12H,3-5,8,10H2,1-2H3. The van der Waals surface area contributed by atoms with Crippen LogP contribution in [0.4, 0.5) is 0 Å². The molecule has 1 atom stereocenters. The van der Waals surface area contributed by atoms with Crippen LogP contribution in [-0.2, 0) is 0 Å². The molecule has 0 heterocycles. The van der Waals surface area contributed by atoms with Gasteiger partial charge in [-0.25, -0.2) is 0 Å². The summed E-state index contributed by atoms with van der Waals surface area (Å²) < 4.78 is 0. The van der Waals surface area contributed by atoms with Gasteiger partial charge in [-0.1, -0.05) is 44.4 Å². The highest BCUT2D eigenvalue weighted by Crippen LogP contribution is 2.37. The minimum atomic E-state index is 0.356. The second kappa shape index (κ2) is 4.82. The van der Waals surface area contributed by atoms with Crippen molar-refractivity contribution >= 4 is 5.78 Å². The summed E-state index contributed by atoms with van der Waals surface area (Å²) in [7, 11) is 0. The number of unbranched alkanes of at least 4 members (excludes halogenated alkanes) is 2. The fourth-order valence-electron chi connectivity index (χ4n) is 2.75. The number of carbonyl (C=O) groups excluding carboxylic acids is 1. The van der Waals surface area contributed by atoms with Crippen LogP contribution in [0.3, 0.4) is 0 Å². The van der Waals surface area contributed by atoms with Gasteiger partial charge in [-0.05, 0) is 30.4 Å². The molecule has 0 spiro atoms. The summed E-state index contributed by atoms with van der Waals surface area (Å²) in [6.07, 6.45) is 5.70. The molecule has 1 aromatic carbocycles. The van der Waals surface area contributed by atoms with Crippen molar-refractivity contribution in [1.29, 1.82) is 0 Å². The SMILES string of the molecule is CCCCCC1CC(=O)c2c(C)cccc21. The van der Waals surface area contributed by atoms with Gasteiger partial charge < -0.3 is 0 Å². The highest BCUT2D eigenvalue weighted by molar-refractivity contribution is 6.02. The molecule has 0 fully saturated rings. The fraction of sp³-hybridized carbons (Fsp3) is 0.533. The molecular formula is C15H20O. The van der Waals surface area contributed by atoms with Gasteiger partial charge in [0, 0.05) is 12.0 Å². The third kappa shape index (κ3) is 2.04. The average Bonchev–Trinajstić information content (AvgIpc) is 2.58. The van der Waals surface area contributed by atoms with Crippen LogP contribution in [0.1, 0.15) is 66.4 Å². The molecular weight excluding hydrogens is 196 g/mol. The number of Topliss-reactive ketones (excluding diaryl/α,β-unsaturated/α-hetero) is 1. The first-order chi connectivity index (χ1) is 7.74. The zero-order valence-electron chi connectivity index (χ0n) is 10.3. The van der Waals surface area contributed by atoms with Crippen molar-refractivity contribution in [2.45, 2.75) is 51.9 Å². The van der Waals surface area contributed by atoms with E-state index in [0.717, 1.165) is 17.5 Å². The van der Waals surface area contributed by atoms with Gasteiger partial charge in [0.25, 0.3) is 0 Å². The Balaban J connectivity index is 2.16. The number of aryl methyl sites for hydroxylation is 1. The van der Waals surface area contributed by atoms with Gasteiger partial charge in [0.05, 0.1) is 0 Å². The van der Waals surface area contributed by atoms with Crippen molar-refractivity contribution in [3.8, 4) is 0 Å². The summed E-state index contributed by atoms with van der Waals surface area (Å²) in [5.41, 5.74) is 3.48. The van der Waals surface area contributed by atoms with Gasteiger partial charge in [-0.2, -0.15) is 0 Å². The first kappa shape index (κ1) is 11.4. The lowest BCUT2D eigenvalue weighted by Crippen LogP contribution is -1.94. The molecule has 0 saturated heterocycles. The Morgan fingerprint density at radius 3 is 2.88 bits per heavy atom. The molecule has 1 aliphatic rings. The minimum absolute atomic E-state index is 0.356. The molecule has 2 rings (SSSR count). The van der Waals surface area contributed by atoms with Gasteiger partial charge in [0.1, 0.15) is 0 Å². The molecule has 1 heteroatoms. The van der Waals surface area contributed by atoms with E-state index in [1.165, 1.54) is 31.2 Å². The van der Waals surface area contributed by atoms with Gasteiger partial charge in [0.2, 0.25) is 0 Å². The number of benzene rings is 1. The quantitative estimate of drug-likeness (QED) is 0.688.